The highest BCUT2D eigenvalue weighted by Gasteiger charge is 2.19. The van der Waals surface area contributed by atoms with Crippen LogP contribution in [0.3, 0.4) is 0 Å². The molecule has 82 valence electrons. The molecule has 2 rings (SSSR count). The molecule has 0 N–H and O–H groups in total. The van der Waals surface area contributed by atoms with Gasteiger partial charge >= 0.3 is 0 Å². The van der Waals surface area contributed by atoms with Crippen molar-refractivity contribution in [3.63, 3.8) is 0 Å². The second-order valence-electron chi connectivity index (χ2n) is 5.80. The Kier molecular flexibility index (Phi) is 2.86. The van der Waals surface area contributed by atoms with Crippen molar-refractivity contribution in [2.24, 2.45) is 5.41 Å². The van der Waals surface area contributed by atoms with Crippen LogP contribution in [0.5, 0.6) is 0 Å². The van der Waals surface area contributed by atoms with Gasteiger partial charge in [0.1, 0.15) is 0 Å². The van der Waals surface area contributed by atoms with Crippen molar-refractivity contribution in [1.82, 2.24) is 0 Å². The lowest BCUT2D eigenvalue weighted by molar-refractivity contribution is 0.518. The Balaban J connectivity index is 2.21. The van der Waals surface area contributed by atoms with Crippen LogP contribution in [0.2, 0.25) is 0 Å². The van der Waals surface area contributed by atoms with E-state index in [1.54, 1.807) is 5.57 Å². The third-order valence-electron chi connectivity index (χ3n) is 3.48. The second kappa shape index (κ2) is 4.00. The van der Waals surface area contributed by atoms with Gasteiger partial charge in [-0.3, -0.25) is 0 Å². The average molecular weight is 202 g/mol. The second-order valence-corrected chi connectivity index (χ2v) is 5.80. The standard InChI is InChI=1S/C15H22/c1-15(2,3)14-10-9-13(11-14)12-7-5-4-6-8-12/h9-11H,4-8H2,1-3H3. The van der Waals surface area contributed by atoms with Crippen LogP contribution in [0.25, 0.3) is 0 Å². The van der Waals surface area contributed by atoms with Crippen LogP contribution in [-0.2, 0) is 0 Å². The van der Waals surface area contributed by atoms with Gasteiger partial charge in [-0.25, -0.2) is 0 Å². The maximum absolute atomic E-state index is 2.40. The Hall–Kier alpha value is -0.780. The van der Waals surface area contributed by atoms with Crippen molar-refractivity contribution in [1.29, 1.82) is 0 Å². The molecule has 0 amide bonds. The largest absolute Gasteiger partial charge is 0.0630 e. The molecule has 0 aliphatic heterocycles. The zero-order chi connectivity index (χ0) is 10.9. The highest BCUT2D eigenvalue weighted by molar-refractivity contribution is 5.50. The molecule has 0 spiro atoms. The van der Waals surface area contributed by atoms with Crippen LogP contribution in [-0.4, -0.2) is 0 Å². The Morgan fingerprint density at radius 2 is 1.60 bits per heavy atom. The van der Waals surface area contributed by atoms with E-state index in [0.717, 1.165) is 0 Å². The summed E-state index contributed by atoms with van der Waals surface area (Å²) in [6, 6.07) is 0. The number of hydrogen-bond donors (Lipinski definition) is 0. The fourth-order valence-electron chi connectivity index (χ4n) is 2.40. The van der Waals surface area contributed by atoms with E-state index >= 15 is 0 Å². The molecule has 0 aromatic carbocycles. The molecule has 2 aliphatic carbocycles. The maximum Gasteiger partial charge on any atom is -0.0132 e. The van der Waals surface area contributed by atoms with Crippen molar-refractivity contribution >= 4 is 0 Å². The SMILES string of the molecule is CC(C)(C)C1=CC(=C2CCCCC2)C=C1. The molecule has 0 unspecified atom stereocenters. The molecule has 0 aromatic rings. The number of rotatable bonds is 0. The molecule has 0 nitrogen and oxygen atoms in total. The van der Waals surface area contributed by atoms with Crippen LogP contribution in [0.4, 0.5) is 0 Å². The molecule has 0 bridgehead atoms. The first-order valence-corrected chi connectivity index (χ1v) is 6.20. The first-order valence-electron chi connectivity index (χ1n) is 6.20. The van der Waals surface area contributed by atoms with Gasteiger partial charge in [-0.1, -0.05) is 51.0 Å². The van der Waals surface area contributed by atoms with Crippen molar-refractivity contribution < 1.29 is 0 Å². The Bertz CT molecular complexity index is 324. The van der Waals surface area contributed by atoms with E-state index in [0.29, 0.717) is 5.41 Å². The average Bonchev–Trinajstić information content (AvgIpc) is 2.67. The molecule has 15 heavy (non-hydrogen) atoms. The number of allylic oxidation sites excluding steroid dienone is 6. The van der Waals surface area contributed by atoms with Gasteiger partial charge in [0.2, 0.25) is 0 Å². The lowest BCUT2D eigenvalue weighted by atomic mass is 9.86. The predicted octanol–water partition coefficient (Wildman–Crippen LogP) is 4.79. The summed E-state index contributed by atoms with van der Waals surface area (Å²) < 4.78 is 0. The van der Waals surface area contributed by atoms with E-state index in [4.69, 9.17) is 0 Å². The van der Waals surface area contributed by atoms with E-state index in [1.807, 2.05) is 0 Å². The quantitative estimate of drug-likeness (QED) is 0.530. The molecule has 0 atom stereocenters. The van der Waals surface area contributed by atoms with E-state index in [-0.39, 0.29) is 0 Å². The highest BCUT2D eigenvalue weighted by atomic mass is 14.2. The van der Waals surface area contributed by atoms with Gasteiger partial charge in [0.15, 0.2) is 0 Å². The minimum Gasteiger partial charge on any atom is -0.0630 e. The van der Waals surface area contributed by atoms with Crippen LogP contribution < -0.4 is 0 Å². The summed E-state index contributed by atoms with van der Waals surface area (Å²) in [6.45, 7) is 6.87. The van der Waals surface area contributed by atoms with Crippen molar-refractivity contribution in [2.45, 2.75) is 52.9 Å². The van der Waals surface area contributed by atoms with Crippen molar-refractivity contribution in [2.75, 3.05) is 0 Å². The van der Waals surface area contributed by atoms with E-state index in [1.165, 1.54) is 43.3 Å². The van der Waals surface area contributed by atoms with Gasteiger partial charge in [-0.15, -0.1) is 0 Å². The summed E-state index contributed by atoms with van der Waals surface area (Å²) in [5, 5.41) is 0. The van der Waals surface area contributed by atoms with Crippen molar-refractivity contribution in [3.05, 3.63) is 34.9 Å². The number of hydrogen-bond acceptors (Lipinski definition) is 0. The molecule has 1 fully saturated rings. The monoisotopic (exact) mass is 202 g/mol. The summed E-state index contributed by atoms with van der Waals surface area (Å²) in [7, 11) is 0. The van der Waals surface area contributed by atoms with Gasteiger partial charge in [-0.2, -0.15) is 0 Å². The Morgan fingerprint density at radius 1 is 0.933 bits per heavy atom. The van der Waals surface area contributed by atoms with Crippen LogP contribution in [0.1, 0.15) is 52.9 Å². The third kappa shape index (κ3) is 2.42. The topological polar surface area (TPSA) is 0 Å². The van der Waals surface area contributed by atoms with Crippen LogP contribution >= 0.6 is 0 Å². The maximum atomic E-state index is 2.40. The molecule has 0 heterocycles. The lowest BCUT2D eigenvalue weighted by Crippen LogP contribution is -2.06. The zero-order valence-corrected chi connectivity index (χ0v) is 10.3. The van der Waals surface area contributed by atoms with E-state index in [9.17, 15) is 0 Å². The van der Waals surface area contributed by atoms with Crippen molar-refractivity contribution in [3.8, 4) is 0 Å². The van der Waals surface area contributed by atoms with Gasteiger partial charge in [0.05, 0.1) is 0 Å². The highest BCUT2D eigenvalue weighted by Crippen LogP contribution is 2.35. The zero-order valence-electron chi connectivity index (χ0n) is 10.3. The summed E-state index contributed by atoms with van der Waals surface area (Å²) in [5.74, 6) is 0. The molecular formula is C15H22. The van der Waals surface area contributed by atoms with Gasteiger partial charge in [-0.05, 0) is 42.2 Å². The minimum absolute atomic E-state index is 0.299. The van der Waals surface area contributed by atoms with E-state index in [2.05, 4.69) is 39.0 Å². The summed E-state index contributed by atoms with van der Waals surface area (Å²) >= 11 is 0. The first-order chi connectivity index (χ1) is 7.07. The molecule has 0 saturated heterocycles. The molecule has 0 aromatic heterocycles. The molecular weight excluding hydrogens is 180 g/mol. The fraction of sp³-hybridized carbons (Fsp3) is 0.600. The molecule has 0 radical (unpaired) electrons. The van der Waals surface area contributed by atoms with Crippen LogP contribution in [0.15, 0.2) is 34.9 Å². The lowest BCUT2D eigenvalue weighted by Gasteiger charge is -2.18. The summed E-state index contributed by atoms with van der Waals surface area (Å²) in [6.07, 6.45) is 13.9. The normalized spacial score (nSPS) is 22.2. The van der Waals surface area contributed by atoms with Gasteiger partial charge < -0.3 is 0 Å². The Morgan fingerprint density at radius 3 is 2.13 bits per heavy atom. The molecule has 0 heteroatoms. The fourth-order valence-corrected chi connectivity index (χ4v) is 2.40. The smallest absolute Gasteiger partial charge is 0.0132 e. The third-order valence-corrected chi connectivity index (χ3v) is 3.48. The molecule has 1 saturated carbocycles. The van der Waals surface area contributed by atoms with Crippen LogP contribution in [0, 0.1) is 5.41 Å². The summed E-state index contributed by atoms with van der Waals surface area (Å²) in [5.41, 5.74) is 4.99. The molecule has 2 aliphatic rings. The van der Waals surface area contributed by atoms with Gasteiger partial charge in [0.25, 0.3) is 0 Å². The minimum atomic E-state index is 0.299. The summed E-state index contributed by atoms with van der Waals surface area (Å²) in [4.78, 5) is 0. The van der Waals surface area contributed by atoms with Gasteiger partial charge in [0, 0.05) is 0 Å². The first kappa shape index (κ1) is 10.7. The predicted molar refractivity (Wildman–Crippen MR) is 66.8 cm³/mol. The Labute approximate surface area is 93.8 Å². The van der Waals surface area contributed by atoms with E-state index < -0.39 is 0 Å².